The van der Waals surface area contributed by atoms with Gasteiger partial charge in [0.2, 0.25) is 11.8 Å². The molecule has 3 rings (SSSR count). The van der Waals surface area contributed by atoms with Crippen molar-refractivity contribution >= 4 is 24.0 Å². The second-order valence-corrected chi connectivity index (χ2v) is 12.1. The summed E-state index contributed by atoms with van der Waals surface area (Å²) in [5, 5.41) is 5.69. The number of aromatic nitrogens is 2. The molecule has 0 saturated heterocycles. The summed E-state index contributed by atoms with van der Waals surface area (Å²) in [6.07, 6.45) is 2.92. The Morgan fingerprint density at radius 1 is 0.800 bits per heavy atom. The molecule has 3 aromatic rings. The summed E-state index contributed by atoms with van der Waals surface area (Å²) >= 11 is 0. The standard InChI is InChI=1S/C34H45N5O6/c1-23(2)15-27(31(35)40)17-28(16-24(3)4)37-32(41)30(38-33(42)44-20-25-11-7-5-8-12-25)18-29-19-39(22-36-29)34(43)45-21-26-13-9-6-10-14-26/h5-14,19,22-24,27-28,30H,15-18,20-21H2,1-4H3,(H2,35,40)(H,37,41)(H,38,42)/t27?,28-,30-/m0/s1. The minimum atomic E-state index is -1.08. The highest BCUT2D eigenvalue weighted by molar-refractivity contribution is 5.86. The van der Waals surface area contributed by atoms with Gasteiger partial charge in [-0.05, 0) is 42.2 Å². The van der Waals surface area contributed by atoms with E-state index in [-0.39, 0.29) is 37.5 Å². The number of carbonyl (C=O) groups is 4. The van der Waals surface area contributed by atoms with Crippen LogP contribution in [0.3, 0.4) is 0 Å². The molecule has 11 nitrogen and oxygen atoms in total. The molecule has 1 heterocycles. The van der Waals surface area contributed by atoms with Crippen molar-refractivity contribution in [1.29, 1.82) is 0 Å². The van der Waals surface area contributed by atoms with E-state index in [0.717, 1.165) is 11.1 Å². The minimum Gasteiger partial charge on any atom is -0.445 e. The first-order valence-electron chi connectivity index (χ1n) is 15.3. The number of hydrogen-bond donors (Lipinski definition) is 3. The van der Waals surface area contributed by atoms with E-state index in [0.29, 0.717) is 25.0 Å². The number of amides is 3. The normalized spacial score (nSPS) is 13.1. The largest absolute Gasteiger partial charge is 0.445 e. The first kappa shape index (κ1) is 34.8. The Morgan fingerprint density at radius 3 is 1.93 bits per heavy atom. The number of carbonyl (C=O) groups excluding carboxylic acids is 4. The number of primary amides is 1. The van der Waals surface area contributed by atoms with Crippen molar-refractivity contribution in [2.75, 3.05) is 0 Å². The first-order chi connectivity index (χ1) is 21.5. The molecule has 11 heteroatoms. The van der Waals surface area contributed by atoms with Crippen LogP contribution in [0, 0.1) is 17.8 Å². The molecule has 0 aliphatic heterocycles. The molecule has 3 atom stereocenters. The molecule has 0 spiro atoms. The van der Waals surface area contributed by atoms with Crippen LogP contribution < -0.4 is 16.4 Å². The SMILES string of the molecule is CC(C)CC(C[C@H](CC(C)C)NC(=O)[C@H](Cc1cn(C(=O)OCc2ccccc2)cn1)NC(=O)OCc1ccccc1)C(N)=O. The lowest BCUT2D eigenvalue weighted by molar-refractivity contribution is -0.126. The molecule has 0 saturated carbocycles. The molecule has 1 aromatic heterocycles. The Bertz CT molecular complexity index is 1380. The predicted molar refractivity (Wildman–Crippen MR) is 170 cm³/mol. The summed E-state index contributed by atoms with van der Waals surface area (Å²) in [4.78, 5) is 55.7. The van der Waals surface area contributed by atoms with E-state index >= 15 is 0 Å². The lowest BCUT2D eigenvalue weighted by Gasteiger charge is -2.27. The number of imidazole rings is 1. The Morgan fingerprint density at radius 2 is 1.38 bits per heavy atom. The fraction of sp³-hybridized carbons (Fsp3) is 0.441. The molecular formula is C34H45N5O6. The second kappa shape index (κ2) is 17.6. The second-order valence-electron chi connectivity index (χ2n) is 12.1. The number of hydrogen-bond acceptors (Lipinski definition) is 7. The highest BCUT2D eigenvalue weighted by atomic mass is 16.6. The van der Waals surface area contributed by atoms with Crippen LogP contribution in [0.2, 0.25) is 0 Å². The maximum Gasteiger partial charge on any atom is 0.419 e. The summed E-state index contributed by atoms with van der Waals surface area (Å²) in [6, 6.07) is 17.0. The molecular weight excluding hydrogens is 574 g/mol. The number of nitrogens with zero attached hydrogens (tertiary/aromatic N) is 2. The molecule has 45 heavy (non-hydrogen) atoms. The van der Waals surface area contributed by atoms with Crippen LogP contribution >= 0.6 is 0 Å². The monoisotopic (exact) mass is 619 g/mol. The van der Waals surface area contributed by atoms with Crippen molar-refractivity contribution in [2.24, 2.45) is 23.5 Å². The number of benzene rings is 2. The van der Waals surface area contributed by atoms with Crippen LogP contribution in [0.1, 0.15) is 63.8 Å². The zero-order valence-electron chi connectivity index (χ0n) is 26.5. The van der Waals surface area contributed by atoms with E-state index < -0.39 is 36.0 Å². The predicted octanol–water partition coefficient (Wildman–Crippen LogP) is 4.97. The summed E-state index contributed by atoms with van der Waals surface area (Å²) in [5.74, 6) is -0.806. The highest BCUT2D eigenvalue weighted by Gasteiger charge is 2.29. The molecule has 0 radical (unpaired) electrons. The van der Waals surface area contributed by atoms with E-state index in [9.17, 15) is 19.2 Å². The highest BCUT2D eigenvalue weighted by Crippen LogP contribution is 2.21. The average Bonchev–Trinajstić information content (AvgIpc) is 3.47. The first-order valence-corrected chi connectivity index (χ1v) is 15.3. The Hall–Kier alpha value is -4.67. The molecule has 242 valence electrons. The smallest absolute Gasteiger partial charge is 0.419 e. The van der Waals surface area contributed by atoms with E-state index in [1.54, 1.807) is 0 Å². The maximum atomic E-state index is 13.7. The zero-order valence-corrected chi connectivity index (χ0v) is 26.5. The van der Waals surface area contributed by atoms with Gasteiger partial charge in [0, 0.05) is 24.6 Å². The number of alkyl carbamates (subject to hydrolysis) is 1. The lowest BCUT2D eigenvalue weighted by atomic mass is 9.87. The summed E-state index contributed by atoms with van der Waals surface area (Å²) in [5.41, 5.74) is 7.72. The lowest BCUT2D eigenvalue weighted by Crippen LogP contribution is -2.51. The quantitative estimate of drug-likeness (QED) is 0.204. The van der Waals surface area contributed by atoms with Gasteiger partial charge in [-0.3, -0.25) is 9.59 Å². The number of rotatable bonds is 16. The van der Waals surface area contributed by atoms with Gasteiger partial charge in [-0.1, -0.05) is 88.4 Å². The topological polar surface area (TPSA) is 155 Å². The van der Waals surface area contributed by atoms with Crippen molar-refractivity contribution in [3.8, 4) is 0 Å². The van der Waals surface area contributed by atoms with Crippen LogP contribution in [0.25, 0.3) is 0 Å². The molecule has 4 N–H and O–H groups in total. The molecule has 2 aromatic carbocycles. The van der Waals surface area contributed by atoms with Crippen molar-refractivity contribution in [3.05, 3.63) is 90.0 Å². The van der Waals surface area contributed by atoms with Crippen LogP contribution in [-0.4, -0.2) is 45.6 Å². The maximum absolute atomic E-state index is 13.7. The number of ether oxygens (including phenoxy) is 2. The van der Waals surface area contributed by atoms with Gasteiger partial charge in [-0.2, -0.15) is 0 Å². The Labute approximate surface area is 264 Å². The summed E-state index contributed by atoms with van der Waals surface area (Å²) in [7, 11) is 0. The van der Waals surface area contributed by atoms with E-state index in [1.807, 2.05) is 88.4 Å². The van der Waals surface area contributed by atoms with Crippen LogP contribution in [0.4, 0.5) is 9.59 Å². The van der Waals surface area contributed by atoms with Crippen LogP contribution in [0.5, 0.6) is 0 Å². The third kappa shape index (κ3) is 12.5. The molecule has 0 aliphatic carbocycles. The van der Waals surface area contributed by atoms with Gasteiger partial charge >= 0.3 is 12.2 Å². The molecule has 3 amide bonds. The van der Waals surface area contributed by atoms with Gasteiger partial charge in [0.05, 0.1) is 5.69 Å². The Balaban J connectivity index is 1.74. The van der Waals surface area contributed by atoms with Gasteiger partial charge < -0.3 is 25.8 Å². The fourth-order valence-electron chi connectivity index (χ4n) is 5.01. The number of nitrogens with one attached hydrogen (secondary N) is 2. The van der Waals surface area contributed by atoms with E-state index in [2.05, 4.69) is 15.6 Å². The third-order valence-electron chi connectivity index (χ3n) is 7.12. The van der Waals surface area contributed by atoms with Gasteiger partial charge in [0.1, 0.15) is 25.6 Å². The van der Waals surface area contributed by atoms with Crippen molar-refractivity contribution < 1.29 is 28.7 Å². The average molecular weight is 620 g/mol. The molecule has 0 bridgehead atoms. The number of nitrogens with two attached hydrogens (primary N) is 1. The fourth-order valence-corrected chi connectivity index (χ4v) is 5.01. The Kier molecular flexibility index (Phi) is 13.6. The summed E-state index contributed by atoms with van der Waals surface area (Å²) in [6.45, 7) is 8.21. The van der Waals surface area contributed by atoms with E-state index in [1.165, 1.54) is 17.1 Å². The van der Waals surface area contributed by atoms with Gasteiger partial charge in [-0.15, -0.1) is 0 Å². The van der Waals surface area contributed by atoms with Gasteiger partial charge in [0.15, 0.2) is 0 Å². The van der Waals surface area contributed by atoms with Crippen molar-refractivity contribution in [1.82, 2.24) is 20.2 Å². The molecule has 0 aliphatic rings. The summed E-state index contributed by atoms with van der Waals surface area (Å²) < 4.78 is 11.9. The molecule has 0 fully saturated rings. The third-order valence-corrected chi connectivity index (χ3v) is 7.12. The van der Waals surface area contributed by atoms with Gasteiger partial charge in [0.25, 0.3) is 0 Å². The van der Waals surface area contributed by atoms with Crippen LogP contribution in [0.15, 0.2) is 73.2 Å². The van der Waals surface area contributed by atoms with Gasteiger partial charge in [-0.25, -0.2) is 19.1 Å². The van der Waals surface area contributed by atoms with Crippen LogP contribution in [-0.2, 0) is 38.7 Å². The van der Waals surface area contributed by atoms with Crippen molar-refractivity contribution in [2.45, 2.75) is 78.7 Å². The van der Waals surface area contributed by atoms with Crippen molar-refractivity contribution in [3.63, 3.8) is 0 Å². The van der Waals surface area contributed by atoms with E-state index in [4.69, 9.17) is 15.2 Å². The zero-order chi connectivity index (χ0) is 32.8. The molecule has 1 unspecified atom stereocenters. The minimum absolute atomic E-state index is 0.0222.